The highest BCUT2D eigenvalue weighted by molar-refractivity contribution is 5.72. The normalized spacial score (nSPS) is 9.83. The minimum atomic E-state index is -0.0375. The fraction of sp³-hybridized carbons (Fsp3) is 0.444. The second-order valence-electron chi connectivity index (χ2n) is 2.63. The average Bonchev–Trinajstić information content (AvgIpc) is 2.48. The molecule has 12 heavy (non-hydrogen) atoms. The van der Waals surface area contributed by atoms with Crippen molar-refractivity contribution in [3.8, 4) is 0 Å². The van der Waals surface area contributed by atoms with E-state index >= 15 is 0 Å². The Kier molecular flexibility index (Phi) is 2.91. The maximum atomic E-state index is 10.5. The average molecular weight is 167 g/mol. The van der Waals surface area contributed by atoms with E-state index in [0.29, 0.717) is 6.54 Å². The summed E-state index contributed by atoms with van der Waals surface area (Å²) in [5, 5.41) is 2.67. The summed E-state index contributed by atoms with van der Waals surface area (Å²) in [5.74, 6) is 1.72. The van der Waals surface area contributed by atoms with E-state index < -0.39 is 0 Å². The number of carbonyl (C=O) groups excluding carboxylic acids is 1. The molecule has 0 aliphatic heterocycles. The van der Waals surface area contributed by atoms with Gasteiger partial charge in [-0.15, -0.1) is 0 Å². The molecule has 0 unspecified atom stereocenters. The van der Waals surface area contributed by atoms with Crippen LogP contribution < -0.4 is 5.32 Å². The van der Waals surface area contributed by atoms with Crippen molar-refractivity contribution in [2.24, 2.45) is 0 Å². The van der Waals surface area contributed by atoms with Gasteiger partial charge in [0.05, 0.1) is 6.54 Å². The zero-order chi connectivity index (χ0) is 8.97. The van der Waals surface area contributed by atoms with Gasteiger partial charge < -0.3 is 9.73 Å². The minimum absolute atomic E-state index is 0.0375. The van der Waals surface area contributed by atoms with Crippen LogP contribution in [0.5, 0.6) is 0 Å². The SMILES string of the molecule is CCc1ccc(CNC(C)=O)o1. The molecule has 1 N–H and O–H groups in total. The first-order valence-electron chi connectivity index (χ1n) is 4.04. The van der Waals surface area contributed by atoms with E-state index in [-0.39, 0.29) is 5.91 Å². The van der Waals surface area contributed by atoms with Crippen molar-refractivity contribution in [1.29, 1.82) is 0 Å². The predicted molar refractivity (Wildman–Crippen MR) is 45.6 cm³/mol. The summed E-state index contributed by atoms with van der Waals surface area (Å²) in [6.45, 7) is 4.00. The zero-order valence-corrected chi connectivity index (χ0v) is 7.39. The van der Waals surface area contributed by atoms with Gasteiger partial charge >= 0.3 is 0 Å². The molecule has 0 saturated heterocycles. The van der Waals surface area contributed by atoms with Gasteiger partial charge in [0, 0.05) is 13.3 Å². The highest BCUT2D eigenvalue weighted by Crippen LogP contribution is 2.07. The van der Waals surface area contributed by atoms with E-state index in [1.807, 2.05) is 19.1 Å². The molecular weight excluding hydrogens is 154 g/mol. The molecule has 0 saturated carbocycles. The number of hydrogen-bond acceptors (Lipinski definition) is 2. The van der Waals surface area contributed by atoms with Crippen LogP contribution >= 0.6 is 0 Å². The molecule has 3 nitrogen and oxygen atoms in total. The molecule has 0 atom stereocenters. The van der Waals surface area contributed by atoms with Gasteiger partial charge in [0.25, 0.3) is 0 Å². The molecular formula is C9H13NO2. The van der Waals surface area contributed by atoms with Crippen LogP contribution in [0.25, 0.3) is 0 Å². The van der Waals surface area contributed by atoms with Crippen molar-refractivity contribution in [2.45, 2.75) is 26.8 Å². The topological polar surface area (TPSA) is 42.2 Å². The van der Waals surface area contributed by atoms with Gasteiger partial charge in [-0.25, -0.2) is 0 Å². The molecule has 0 radical (unpaired) electrons. The van der Waals surface area contributed by atoms with Gasteiger partial charge in [0.15, 0.2) is 0 Å². The first-order chi connectivity index (χ1) is 5.72. The second-order valence-corrected chi connectivity index (χ2v) is 2.63. The molecule has 1 aromatic rings. The Bertz CT molecular complexity index is 265. The lowest BCUT2D eigenvalue weighted by Gasteiger charge is -1.96. The number of furan rings is 1. The molecule has 1 amide bonds. The Hall–Kier alpha value is -1.25. The highest BCUT2D eigenvalue weighted by Gasteiger charge is 1.99. The Morgan fingerprint density at radius 1 is 1.50 bits per heavy atom. The third kappa shape index (κ3) is 2.42. The van der Waals surface area contributed by atoms with Crippen LogP contribution in [0.4, 0.5) is 0 Å². The number of nitrogens with one attached hydrogen (secondary N) is 1. The van der Waals surface area contributed by atoms with E-state index in [1.54, 1.807) is 0 Å². The summed E-state index contributed by atoms with van der Waals surface area (Å²) in [6.07, 6.45) is 0.889. The van der Waals surface area contributed by atoms with Gasteiger partial charge in [-0.05, 0) is 12.1 Å². The summed E-state index contributed by atoms with van der Waals surface area (Å²) in [6, 6.07) is 3.81. The fourth-order valence-electron chi connectivity index (χ4n) is 0.919. The predicted octanol–water partition coefficient (Wildman–Crippen LogP) is 1.48. The monoisotopic (exact) mass is 167 g/mol. The molecule has 0 bridgehead atoms. The molecule has 3 heteroatoms. The molecule has 66 valence electrons. The first-order valence-corrected chi connectivity index (χ1v) is 4.04. The second kappa shape index (κ2) is 3.95. The first kappa shape index (κ1) is 8.84. The van der Waals surface area contributed by atoms with Crippen LogP contribution in [-0.2, 0) is 17.8 Å². The van der Waals surface area contributed by atoms with Crippen LogP contribution in [0.2, 0.25) is 0 Å². The lowest BCUT2D eigenvalue weighted by atomic mass is 10.3. The van der Waals surface area contributed by atoms with Crippen molar-refractivity contribution < 1.29 is 9.21 Å². The van der Waals surface area contributed by atoms with Gasteiger partial charge in [-0.3, -0.25) is 4.79 Å². The van der Waals surface area contributed by atoms with Crippen molar-refractivity contribution in [3.63, 3.8) is 0 Å². The van der Waals surface area contributed by atoms with Crippen LogP contribution in [0.3, 0.4) is 0 Å². The summed E-state index contributed by atoms with van der Waals surface area (Å²) < 4.78 is 5.37. The Morgan fingerprint density at radius 3 is 2.67 bits per heavy atom. The molecule has 0 spiro atoms. The lowest BCUT2D eigenvalue weighted by molar-refractivity contribution is -0.119. The van der Waals surface area contributed by atoms with Crippen LogP contribution in [0, 0.1) is 0 Å². The van der Waals surface area contributed by atoms with Crippen molar-refractivity contribution in [3.05, 3.63) is 23.7 Å². The summed E-state index contributed by atoms with van der Waals surface area (Å²) in [4.78, 5) is 10.5. The smallest absolute Gasteiger partial charge is 0.217 e. The fourth-order valence-corrected chi connectivity index (χ4v) is 0.919. The van der Waals surface area contributed by atoms with E-state index in [2.05, 4.69) is 5.32 Å². The molecule has 1 rings (SSSR count). The molecule has 0 aliphatic rings. The standard InChI is InChI=1S/C9H13NO2/c1-3-8-4-5-9(12-8)6-10-7(2)11/h4-5H,3,6H2,1-2H3,(H,10,11). The van der Waals surface area contributed by atoms with E-state index in [4.69, 9.17) is 4.42 Å². The number of hydrogen-bond donors (Lipinski definition) is 1. The van der Waals surface area contributed by atoms with E-state index in [0.717, 1.165) is 17.9 Å². The maximum absolute atomic E-state index is 10.5. The molecule has 0 aromatic carbocycles. The quantitative estimate of drug-likeness (QED) is 0.740. The number of aryl methyl sites for hydroxylation is 1. The van der Waals surface area contributed by atoms with E-state index in [1.165, 1.54) is 6.92 Å². The van der Waals surface area contributed by atoms with Crippen molar-refractivity contribution in [1.82, 2.24) is 5.32 Å². The van der Waals surface area contributed by atoms with Crippen LogP contribution in [0.15, 0.2) is 16.5 Å². The van der Waals surface area contributed by atoms with Gasteiger partial charge in [0.1, 0.15) is 11.5 Å². The number of amides is 1. The van der Waals surface area contributed by atoms with Gasteiger partial charge in [-0.2, -0.15) is 0 Å². The van der Waals surface area contributed by atoms with Gasteiger partial charge in [-0.1, -0.05) is 6.92 Å². The number of carbonyl (C=O) groups is 1. The zero-order valence-electron chi connectivity index (χ0n) is 7.39. The van der Waals surface area contributed by atoms with Crippen molar-refractivity contribution in [2.75, 3.05) is 0 Å². The van der Waals surface area contributed by atoms with E-state index in [9.17, 15) is 4.79 Å². The third-order valence-corrected chi connectivity index (χ3v) is 1.58. The van der Waals surface area contributed by atoms with Crippen LogP contribution in [-0.4, -0.2) is 5.91 Å². The summed E-state index contributed by atoms with van der Waals surface area (Å²) >= 11 is 0. The molecule has 0 aliphatic carbocycles. The Labute approximate surface area is 71.8 Å². The largest absolute Gasteiger partial charge is 0.464 e. The van der Waals surface area contributed by atoms with Gasteiger partial charge in [0.2, 0.25) is 5.91 Å². The third-order valence-electron chi connectivity index (χ3n) is 1.58. The minimum Gasteiger partial charge on any atom is -0.464 e. The highest BCUT2D eigenvalue weighted by atomic mass is 16.3. The number of rotatable bonds is 3. The Morgan fingerprint density at radius 2 is 2.17 bits per heavy atom. The molecule has 1 heterocycles. The van der Waals surface area contributed by atoms with Crippen LogP contribution in [0.1, 0.15) is 25.4 Å². The Balaban J connectivity index is 2.47. The summed E-state index contributed by atoms with van der Waals surface area (Å²) in [5.41, 5.74) is 0. The summed E-state index contributed by atoms with van der Waals surface area (Å²) in [7, 11) is 0. The molecule has 1 aromatic heterocycles. The van der Waals surface area contributed by atoms with Crippen molar-refractivity contribution >= 4 is 5.91 Å². The molecule has 0 fully saturated rings. The lowest BCUT2D eigenvalue weighted by Crippen LogP contribution is -2.18. The maximum Gasteiger partial charge on any atom is 0.217 e.